The molecule has 0 bridgehead atoms. The molecule has 1 aromatic heterocycles. The summed E-state index contributed by atoms with van der Waals surface area (Å²) in [6.45, 7) is 3.29. The lowest BCUT2D eigenvalue weighted by Crippen LogP contribution is -2.49. The second kappa shape index (κ2) is 6.96. The average Bonchev–Trinajstić information content (AvgIpc) is 2.89. The van der Waals surface area contributed by atoms with Crippen LogP contribution in [0.5, 0.6) is 5.75 Å². The van der Waals surface area contributed by atoms with Gasteiger partial charge in [-0.05, 0) is 25.1 Å². The molecule has 0 fully saturated rings. The van der Waals surface area contributed by atoms with E-state index < -0.39 is 12.0 Å². The van der Waals surface area contributed by atoms with Gasteiger partial charge in [0.05, 0.1) is 18.1 Å². The van der Waals surface area contributed by atoms with Gasteiger partial charge in [0.15, 0.2) is 0 Å². The van der Waals surface area contributed by atoms with Crippen molar-refractivity contribution in [2.45, 2.75) is 26.1 Å². The van der Waals surface area contributed by atoms with Crippen LogP contribution in [0, 0.1) is 6.92 Å². The van der Waals surface area contributed by atoms with Crippen molar-refractivity contribution < 1.29 is 14.6 Å². The summed E-state index contributed by atoms with van der Waals surface area (Å²) < 4.78 is 7.49. The summed E-state index contributed by atoms with van der Waals surface area (Å²) in [6, 6.07) is 4.34. The Morgan fingerprint density at radius 1 is 1.42 bits per heavy atom. The quantitative estimate of drug-likeness (QED) is 0.868. The van der Waals surface area contributed by atoms with E-state index in [1.807, 2.05) is 16.4 Å². The minimum Gasteiger partial charge on any atom is -0.491 e. The molecule has 0 amide bonds. The monoisotopic (exact) mass is 370 g/mol. The molecule has 0 spiro atoms. The van der Waals surface area contributed by atoms with E-state index in [-0.39, 0.29) is 0 Å². The van der Waals surface area contributed by atoms with Crippen molar-refractivity contribution in [1.82, 2.24) is 19.7 Å². The van der Waals surface area contributed by atoms with Crippen molar-refractivity contribution in [3.8, 4) is 5.75 Å². The van der Waals surface area contributed by atoms with Crippen LogP contribution in [-0.4, -0.2) is 49.9 Å². The fourth-order valence-electron chi connectivity index (χ4n) is 2.69. The van der Waals surface area contributed by atoms with Crippen molar-refractivity contribution in [1.29, 1.82) is 0 Å². The number of benzene rings is 1. The van der Waals surface area contributed by atoms with Crippen molar-refractivity contribution >= 4 is 29.2 Å². The third kappa shape index (κ3) is 3.48. The van der Waals surface area contributed by atoms with Gasteiger partial charge in [0.1, 0.15) is 30.0 Å². The second-order valence-corrected chi connectivity index (χ2v) is 6.37. The smallest absolute Gasteiger partial charge is 0.322 e. The zero-order chi connectivity index (χ0) is 17.3. The number of carboxylic acid groups (broad SMARTS) is 1. The van der Waals surface area contributed by atoms with Crippen molar-refractivity contribution in [3.05, 3.63) is 39.9 Å². The fraction of sp³-hybridized carbons (Fsp3) is 0.400. The number of ether oxygens (including phenoxy) is 1. The molecule has 1 aromatic carbocycles. The van der Waals surface area contributed by atoms with Gasteiger partial charge in [-0.3, -0.25) is 9.69 Å². The molecule has 0 saturated carbocycles. The third-order valence-corrected chi connectivity index (χ3v) is 4.50. The van der Waals surface area contributed by atoms with E-state index in [0.29, 0.717) is 42.0 Å². The predicted octanol–water partition coefficient (Wildman–Crippen LogP) is 2.24. The van der Waals surface area contributed by atoms with Crippen LogP contribution in [0.15, 0.2) is 18.2 Å². The number of fused-ring (bicyclic) bond motifs is 1. The molecule has 1 aliphatic rings. The molecular weight excluding hydrogens is 355 g/mol. The Hall–Kier alpha value is -1.83. The number of carbonyl (C=O) groups is 1. The van der Waals surface area contributed by atoms with Gasteiger partial charge in [0.25, 0.3) is 0 Å². The SMILES string of the molecule is Cc1nnc2n1CC(C(=O)O)N(CCOc1ccc(Cl)cc1Cl)C2. The molecule has 0 radical (unpaired) electrons. The Morgan fingerprint density at radius 2 is 2.21 bits per heavy atom. The zero-order valence-electron chi connectivity index (χ0n) is 12.9. The Kier molecular flexibility index (Phi) is 4.93. The third-order valence-electron chi connectivity index (χ3n) is 3.97. The highest BCUT2D eigenvalue weighted by atomic mass is 35.5. The first kappa shape index (κ1) is 17.0. The summed E-state index contributed by atoms with van der Waals surface area (Å²) in [5.74, 6) is 1.12. The number of aromatic nitrogens is 3. The number of aryl methyl sites for hydroxylation is 1. The lowest BCUT2D eigenvalue weighted by atomic mass is 10.2. The number of nitrogens with zero attached hydrogens (tertiary/aromatic N) is 4. The minimum absolute atomic E-state index is 0.304. The average molecular weight is 371 g/mol. The topological polar surface area (TPSA) is 80.5 Å². The first-order valence-corrected chi connectivity index (χ1v) is 8.14. The van der Waals surface area contributed by atoms with Crippen LogP contribution in [-0.2, 0) is 17.9 Å². The molecule has 0 aliphatic carbocycles. The summed E-state index contributed by atoms with van der Waals surface area (Å²) in [6.07, 6.45) is 0. The number of hydrogen-bond acceptors (Lipinski definition) is 5. The molecule has 24 heavy (non-hydrogen) atoms. The van der Waals surface area contributed by atoms with E-state index >= 15 is 0 Å². The zero-order valence-corrected chi connectivity index (χ0v) is 14.5. The summed E-state index contributed by atoms with van der Waals surface area (Å²) >= 11 is 11.9. The molecule has 9 heteroatoms. The van der Waals surface area contributed by atoms with Crippen LogP contribution >= 0.6 is 23.2 Å². The first-order valence-electron chi connectivity index (χ1n) is 7.39. The van der Waals surface area contributed by atoms with Crippen LogP contribution in [0.2, 0.25) is 10.0 Å². The number of halogens is 2. The lowest BCUT2D eigenvalue weighted by molar-refractivity contribution is -0.145. The molecular formula is C15H16Cl2N4O3. The Labute approximate surface area is 148 Å². The predicted molar refractivity (Wildman–Crippen MR) is 88.5 cm³/mol. The molecule has 1 unspecified atom stereocenters. The van der Waals surface area contributed by atoms with E-state index in [9.17, 15) is 9.90 Å². The highest BCUT2D eigenvalue weighted by Gasteiger charge is 2.33. The summed E-state index contributed by atoms with van der Waals surface area (Å²) in [5, 5.41) is 18.5. The largest absolute Gasteiger partial charge is 0.491 e. The minimum atomic E-state index is -0.877. The number of carboxylic acids is 1. The van der Waals surface area contributed by atoms with Gasteiger partial charge in [0.2, 0.25) is 0 Å². The highest BCUT2D eigenvalue weighted by Crippen LogP contribution is 2.27. The van der Waals surface area contributed by atoms with E-state index in [1.54, 1.807) is 18.2 Å². The molecule has 2 heterocycles. The standard InChI is InChI=1S/C15H16Cl2N4O3/c1-9-18-19-14-8-20(12(15(22)23)7-21(9)14)4-5-24-13-3-2-10(16)6-11(13)17/h2-3,6,12H,4-5,7-8H2,1H3,(H,22,23). The van der Waals surface area contributed by atoms with Gasteiger partial charge in [-0.1, -0.05) is 23.2 Å². The Bertz CT molecular complexity index is 765. The van der Waals surface area contributed by atoms with Gasteiger partial charge in [-0.15, -0.1) is 10.2 Å². The van der Waals surface area contributed by atoms with E-state index in [2.05, 4.69) is 10.2 Å². The van der Waals surface area contributed by atoms with Crippen LogP contribution in [0.1, 0.15) is 11.6 Å². The maximum absolute atomic E-state index is 11.6. The molecule has 7 nitrogen and oxygen atoms in total. The molecule has 1 aliphatic heterocycles. The van der Waals surface area contributed by atoms with Crippen LogP contribution in [0.3, 0.4) is 0 Å². The first-order chi connectivity index (χ1) is 11.5. The second-order valence-electron chi connectivity index (χ2n) is 5.52. The lowest BCUT2D eigenvalue weighted by Gasteiger charge is -2.33. The molecule has 2 aromatic rings. The Morgan fingerprint density at radius 3 is 2.92 bits per heavy atom. The summed E-state index contributed by atoms with van der Waals surface area (Å²) in [5.41, 5.74) is 0. The maximum Gasteiger partial charge on any atom is 0.322 e. The highest BCUT2D eigenvalue weighted by molar-refractivity contribution is 6.35. The molecule has 0 saturated heterocycles. The van der Waals surface area contributed by atoms with E-state index in [1.165, 1.54) is 0 Å². The van der Waals surface area contributed by atoms with Crippen LogP contribution in [0.25, 0.3) is 0 Å². The Balaban J connectivity index is 1.66. The number of aliphatic carboxylic acids is 1. The van der Waals surface area contributed by atoms with Crippen molar-refractivity contribution in [2.75, 3.05) is 13.2 Å². The van der Waals surface area contributed by atoms with Crippen molar-refractivity contribution in [3.63, 3.8) is 0 Å². The van der Waals surface area contributed by atoms with E-state index in [0.717, 1.165) is 11.6 Å². The normalized spacial score (nSPS) is 17.5. The molecule has 1 N–H and O–H groups in total. The molecule has 3 rings (SSSR count). The van der Waals surface area contributed by atoms with Gasteiger partial charge in [0, 0.05) is 11.6 Å². The van der Waals surface area contributed by atoms with Crippen molar-refractivity contribution in [2.24, 2.45) is 0 Å². The van der Waals surface area contributed by atoms with E-state index in [4.69, 9.17) is 27.9 Å². The molecule has 1 atom stereocenters. The molecule has 128 valence electrons. The van der Waals surface area contributed by atoms with Crippen LogP contribution < -0.4 is 4.74 Å². The summed E-state index contributed by atoms with van der Waals surface area (Å²) in [7, 11) is 0. The van der Waals surface area contributed by atoms with Gasteiger partial charge in [-0.25, -0.2) is 0 Å². The fourth-order valence-corrected chi connectivity index (χ4v) is 3.16. The van der Waals surface area contributed by atoms with Crippen LogP contribution in [0.4, 0.5) is 0 Å². The van der Waals surface area contributed by atoms with Gasteiger partial charge < -0.3 is 14.4 Å². The van der Waals surface area contributed by atoms with Gasteiger partial charge in [-0.2, -0.15) is 0 Å². The summed E-state index contributed by atoms with van der Waals surface area (Å²) in [4.78, 5) is 13.4. The van der Waals surface area contributed by atoms with Gasteiger partial charge >= 0.3 is 5.97 Å². The maximum atomic E-state index is 11.6. The number of hydrogen-bond donors (Lipinski definition) is 1. The number of rotatable bonds is 5.